The maximum Gasteiger partial charge on any atom is 0.332 e. The number of fused-ring (bicyclic) bond motifs is 1. The number of anilines is 2. The molecule has 0 aliphatic rings. The number of hydrogen-bond acceptors (Lipinski definition) is 5. The number of nitrogens with zero attached hydrogens (tertiary/aromatic N) is 4. The van der Waals surface area contributed by atoms with E-state index in [1.165, 1.54) is 11.6 Å². The summed E-state index contributed by atoms with van der Waals surface area (Å²) in [5.74, 6) is 0. The van der Waals surface area contributed by atoms with Gasteiger partial charge in [-0.05, 0) is 24.6 Å². The smallest absolute Gasteiger partial charge is 0.332 e. The minimum atomic E-state index is -0.423. The Kier molecular flexibility index (Phi) is 4.41. The minimum absolute atomic E-state index is 0.0791. The molecule has 7 heteroatoms. The van der Waals surface area contributed by atoms with Crippen molar-refractivity contribution in [3.63, 3.8) is 0 Å². The van der Waals surface area contributed by atoms with Gasteiger partial charge in [-0.1, -0.05) is 18.2 Å². The first-order valence-corrected chi connectivity index (χ1v) is 7.96. The van der Waals surface area contributed by atoms with E-state index < -0.39 is 11.2 Å². The van der Waals surface area contributed by atoms with Crippen molar-refractivity contribution < 1.29 is 5.11 Å². The van der Waals surface area contributed by atoms with Crippen molar-refractivity contribution in [3.05, 3.63) is 62.9 Å². The zero-order valence-corrected chi connectivity index (χ0v) is 14.4. The van der Waals surface area contributed by atoms with E-state index in [4.69, 9.17) is 0 Å². The van der Waals surface area contributed by atoms with Gasteiger partial charge >= 0.3 is 5.69 Å². The number of benzene rings is 1. The summed E-state index contributed by atoms with van der Waals surface area (Å²) in [6, 6.07) is 9.51. The van der Waals surface area contributed by atoms with Gasteiger partial charge in [0.25, 0.3) is 5.56 Å². The lowest BCUT2D eigenvalue weighted by Gasteiger charge is -2.27. The SMILES string of the molecule is Cc1cnc2c(c1N(CCO)c1ccccc1)c(=O)n(C)c(=O)n2C. The molecule has 0 bridgehead atoms. The van der Waals surface area contributed by atoms with Gasteiger partial charge in [0.05, 0.1) is 12.3 Å². The molecule has 2 aromatic heterocycles. The van der Waals surface area contributed by atoms with Crippen LogP contribution in [0.2, 0.25) is 0 Å². The van der Waals surface area contributed by atoms with Gasteiger partial charge in [0, 0.05) is 32.5 Å². The van der Waals surface area contributed by atoms with E-state index >= 15 is 0 Å². The quantitative estimate of drug-likeness (QED) is 0.768. The summed E-state index contributed by atoms with van der Waals surface area (Å²) < 4.78 is 2.44. The third-order valence-corrected chi connectivity index (χ3v) is 4.29. The molecule has 0 atom stereocenters. The molecule has 0 radical (unpaired) electrons. The number of aliphatic hydroxyl groups excluding tert-OH is 1. The Bertz CT molecular complexity index is 1040. The number of rotatable bonds is 4. The van der Waals surface area contributed by atoms with Gasteiger partial charge < -0.3 is 10.0 Å². The van der Waals surface area contributed by atoms with Crippen molar-refractivity contribution in [1.29, 1.82) is 0 Å². The second kappa shape index (κ2) is 6.52. The lowest BCUT2D eigenvalue weighted by molar-refractivity contribution is 0.305. The second-order valence-corrected chi connectivity index (χ2v) is 5.90. The molecular weight excluding hydrogens is 320 g/mol. The molecule has 3 aromatic rings. The summed E-state index contributed by atoms with van der Waals surface area (Å²) >= 11 is 0. The van der Waals surface area contributed by atoms with Crippen LogP contribution in [0.15, 0.2) is 46.1 Å². The number of hydrogen-bond donors (Lipinski definition) is 1. The number of aliphatic hydroxyl groups is 1. The highest BCUT2D eigenvalue weighted by Crippen LogP contribution is 2.32. The van der Waals surface area contributed by atoms with Crippen LogP contribution in [0.3, 0.4) is 0 Å². The molecule has 1 N–H and O–H groups in total. The van der Waals surface area contributed by atoms with Crippen LogP contribution in [0, 0.1) is 6.92 Å². The molecule has 0 saturated heterocycles. The van der Waals surface area contributed by atoms with Crippen LogP contribution < -0.4 is 16.1 Å². The van der Waals surface area contributed by atoms with E-state index in [9.17, 15) is 14.7 Å². The molecule has 0 aliphatic carbocycles. The fourth-order valence-electron chi connectivity index (χ4n) is 3.03. The van der Waals surface area contributed by atoms with E-state index in [0.717, 1.165) is 15.8 Å². The van der Waals surface area contributed by atoms with E-state index in [1.54, 1.807) is 13.2 Å². The van der Waals surface area contributed by atoms with E-state index in [1.807, 2.05) is 42.2 Å². The van der Waals surface area contributed by atoms with Crippen LogP contribution in [0.4, 0.5) is 11.4 Å². The predicted octanol–water partition coefficient (Wildman–Crippen LogP) is 1.07. The Morgan fingerprint density at radius 3 is 2.44 bits per heavy atom. The standard InChI is InChI=1S/C18H20N4O3/c1-12-11-19-16-14(17(24)21(3)18(25)20(16)2)15(12)22(9-10-23)13-7-5-4-6-8-13/h4-8,11,23H,9-10H2,1-3H3. The van der Waals surface area contributed by atoms with Gasteiger partial charge in [-0.25, -0.2) is 9.78 Å². The fraction of sp³-hybridized carbons (Fsp3) is 0.278. The summed E-state index contributed by atoms with van der Waals surface area (Å²) in [7, 11) is 3.05. The fourth-order valence-corrected chi connectivity index (χ4v) is 3.03. The molecule has 0 aliphatic heterocycles. The van der Waals surface area contributed by atoms with Crippen LogP contribution in [0.1, 0.15) is 5.56 Å². The first kappa shape index (κ1) is 16.9. The Morgan fingerprint density at radius 2 is 1.80 bits per heavy atom. The third kappa shape index (κ3) is 2.72. The normalized spacial score (nSPS) is 11.0. The van der Waals surface area contributed by atoms with Crippen molar-refractivity contribution in [1.82, 2.24) is 14.1 Å². The average Bonchev–Trinajstić information content (AvgIpc) is 2.63. The Balaban J connectivity index is 2.44. The molecule has 130 valence electrons. The molecule has 0 fully saturated rings. The van der Waals surface area contributed by atoms with Crippen LogP contribution in [0.5, 0.6) is 0 Å². The lowest BCUT2D eigenvalue weighted by Crippen LogP contribution is -2.38. The maximum atomic E-state index is 12.8. The van der Waals surface area contributed by atoms with Crippen LogP contribution >= 0.6 is 0 Å². The molecule has 0 amide bonds. The van der Waals surface area contributed by atoms with Gasteiger partial charge in [-0.15, -0.1) is 0 Å². The third-order valence-electron chi connectivity index (χ3n) is 4.29. The second-order valence-electron chi connectivity index (χ2n) is 5.90. The Labute approximate surface area is 144 Å². The van der Waals surface area contributed by atoms with Crippen molar-refractivity contribution >= 4 is 22.4 Å². The summed E-state index contributed by atoms with van der Waals surface area (Å²) in [5.41, 5.74) is 1.80. The number of aromatic nitrogens is 3. The molecule has 0 unspecified atom stereocenters. The molecule has 1 aromatic carbocycles. The highest BCUT2D eigenvalue weighted by Gasteiger charge is 2.20. The van der Waals surface area contributed by atoms with Gasteiger partial charge in [0.2, 0.25) is 0 Å². The monoisotopic (exact) mass is 340 g/mol. The van der Waals surface area contributed by atoms with Crippen molar-refractivity contribution in [3.8, 4) is 0 Å². The van der Waals surface area contributed by atoms with E-state index in [-0.39, 0.29) is 6.61 Å². The minimum Gasteiger partial charge on any atom is -0.395 e. The van der Waals surface area contributed by atoms with Gasteiger partial charge in [0.15, 0.2) is 5.65 Å². The molecule has 0 spiro atoms. The number of pyridine rings is 1. The van der Waals surface area contributed by atoms with Gasteiger partial charge in [-0.3, -0.25) is 13.9 Å². The molecular formula is C18H20N4O3. The predicted molar refractivity (Wildman–Crippen MR) is 97.5 cm³/mol. The molecule has 2 heterocycles. The topological polar surface area (TPSA) is 80.4 Å². The molecule has 25 heavy (non-hydrogen) atoms. The van der Waals surface area contributed by atoms with Gasteiger partial charge in [-0.2, -0.15) is 0 Å². The van der Waals surface area contributed by atoms with Crippen molar-refractivity contribution in [2.45, 2.75) is 6.92 Å². The van der Waals surface area contributed by atoms with Crippen LogP contribution in [-0.4, -0.2) is 32.4 Å². The Hall–Kier alpha value is -2.93. The van der Waals surface area contributed by atoms with Gasteiger partial charge in [0.1, 0.15) is 5.39 Å². The van der Waals surface area contributed by atoms with Crippen molar-refractivity contribution in [2.75, 3.05) is 18.1 Å². The highest BCUT2D eigenvalue weighted by molar-refractivity contribution is 5.93. The summed E-state index contributed by atoms with van der Waals surface area (Å²) in [5, 5.41) is 9.91. The largest absolute Gasteiger partial charge is 0.395 e. The van der Waals surface area contributed by atoms with E-state index in [0.29, 0.717) is 23.3 Å². The van der Waals surface area contributed by atoms with E-state index in [2.05, 4.69) is 4.98 Å². The molecule has 7 nitrogen and oxygen atoms in total. The van der Waals surface area contributed by atoms with Crippen LogP contribution in [0.25, 0.3) is 11.0 Å². The summed E-state index contributed by atoms with van der Waals surface area (Å²) in [4.78, 5) is 31.2. The lowest BCUT2D eigenvalue weighted by atomic mass is 10.1. The number of aryl methyl sites for hydroxylation is 2. The zero-order chi connectivity index (χ0) is 18.1. The van der Waals surface area contributed by atoms with Crippen LogP contribution in [-0.2, 0) is 14.1 Å². The Morgan fingerprint density at radius 1 is 1.12 bits per heavy atom. The van der Waals surface area contributed by atoms with Crippen molar-refractivity contribution in [2.24, 2.45) is 14.1 Å². The number of para-hydroxylation sites is 1. The first-order valence-electron chi connectivity index (χ1n) is 7.96. The summed E-state index contributed by atoms with van der Waals surface area (Å²) in [6.07, 6.45) is 1.64. The summed E-state index contributed by atoms with van der Waals surface area (Å²) in [6.45, 7) is 2.10. The molecule has 3 rings (SSSR count). The first-order chi connectivity index (χ1) is 12.0. The highest BCUT2D eigenvalue weighted by atomic mass is 16.3. The average molecular weight is 340 g/mol. The molecule has 0 saturated carbocycles. The zero-order valence-electron chi connectivity index (χ0n) is 14.4. The maximum absolute atomic E-state index is 12.8.